The maximum atomic E-state index is 13.3. The Balaban J connectivity index is 1.21. The fraction of sp³-hybridized carbons (Fsp3) is 0.405. The normalized spacial score (nSPS) is 18.2. The Labute approximate surface area is 284 Å². The summed E-state index contributed by atoms with van der Waals surface area (Å²) in [5.41, 5.74) is 3.43. The van der Waals surface area contributed by atoms with Crippen molar-refractivity contribution in [2.75, 3.05) is 33.5 Å². The summed E-state index contributed by atoms with van der Waals surface area (Å²) in [4.78, 5) is 32.0. The number of nitrogens with one attached hydrogen (secondary N) is 1. The number of aliphatic hydroxyl groups is 1. The fourth-order valence-corrected chi connectivity index (χ4v) is 6.20. The lowest BCUT2D eigenvalue weighted by molar-refractivity contribution is 0.0173. The number of hydrogen-bond donors (Lipinski definition) is 2. The second kappa shape index (κ2) is 14.2. The van der Waals surface area contributed by atoms with Crippen LogP contribution in [0.1, 0.15) is 56.0 Å². The first-order chi connectivity index (χ1) is 23.6. The Hall–Kier alpha value is -5.12. The Morgan fingerprint density at radius 1 is 1.08 bits per heavy atom. The van der Waals surface area contributed by atoms with Gasteiger partial charge in [-0.3, -0.25) is 9.78 Å². The van der Waals surface area contributed by atoms with Crippen molar-refractivity contribution >= 4 is 23.1 Å². The molecule has 4 aromatic rings. The summed E-state index contributed by atoms with van der Waals surface area (Å²) in [5.74, 6) is 1.11. The molecule has 2 aromatic carbocycles. The molecule has 0 bridgehead atoms. The van der Waals surface area contributed by atoms with E-state index in [9.17, 15) is 20.0 Å². The van der Waals surface area contributed by atoms with E-state index >= 15 is 0 Å². The van der Waals surface area contributed by atoms with Crippen LogP contribution >= 0.6 is 0 Å². The number of pyridine rings is 1. The molecule has 0 aliphatic carbocycles. The number of aliphatic hydroxyl groups excluding tert-OH is 1. The third-order valence-corrected chi connectivity index (χ3v) is 8.60. The number of aromatic nitrogens is 1. The highest BCUT2D eigenvalue weighted by atomic mass is 16.6. The molecule has 256 valence electrons. The molecule has 2 aliphatic rings. The standard InChI is InChI=1S/C37H40N4O8/c1-37(2,3)49-36(44)41-20-25(17-26(41)21-42)40-35(43)23-5-7-29(32(16-23)45-4)33-18-30-34(48-33)28(9-12-39-30)22-6-8-31(24(15-22)19-38)47-27-10-13-46-14-11-27/h5-9,12,15-16,18,25-27,42H,10-11,13-14,17,20-21H2,1-4H3,(H,40,43). The SMILES string of the molecule is COc1cc(C(=O)NC2CC(CO)N(C(=O)OC(C)(C)C)C2)ccc1-c1cc2nccc(-c3ccc(OC4CCOCC4)c(C#N)c3)c2o1. The maximum Gasteiger partial charge on any atom is 0.410 e. The monoisotopic (exact) mass is 668 g/mol. The average molecular weight is 669 g/mol. The second-order valence-electron chi connectivity index (χ2n) is 13.2. The predicted molar refractivity (Wildman–Crippen MR) is 180 cm³/mol. The van der Waals surface area contributed by atoms with Gasteiger partial charge in [0.25, 0.3) is 5.91 Å². The molecule has 2 amide bonds. The lowest BCUT2D eigenvalue weighted by atomic mass is 10.0. The molecule has 2 atom stereocenters. The summed E-state index contributed by atoms with van der Waals surface area (Å²) in [5, 5.41) is 22.8. The topological polar surface area (TPSA) is 156 Å². The number of hydrogen-bond acceptors (Lipinski definition) is 10. The van der Waals surface area contributed by atoms with Gasteiger partial charge in [-0.15, -0.1) is 0 Å². The van der Waals surface area contributed by atoms with E-state index in [1.807, 2.05) is 24.3 Å². The van der Waals surface area contributed by atoms with Crippen LogP contribution in [0.25, 0.3) is 33.6 Å². The summed E-state index contributed by atoms with van der Waals surface area (Å²) in [6.07, 6.45) is 3.13. The molecular formula is C37H40N4O8. The van der Waals surface area contributed by atoms with Gasteiger partial charge in [0, 0.05) is 48.8 Å². The van der Waals surface area contributed by atoms with E-state index in [4.69, 9.17) is 23.4 Å². The van der Waals surface area contributed by atoms with Crippen molar-refractivity contribution in [3.63, 3.8) is 0 Å². The Bertz CT molecular complexity index is 1890. The van der Waals surface area contributed by atoms with Crippen molar-refractivity contribution < 1.29 is 38.1 Å². The van der Waals surface area contributed by atoms with Crippen LogP contribution in [0, 0.1) is 11.3 Å². The fourth-order valence-electron chi connectivity index (χ4n) is 6.20. The number of nitrogens with zero attached hydrogens (tertiary/aromatic N) is 3. The highest BCUT2D eigenvalue weighted by Crippen LogP contribution is 2.38. The molecule has 12 heteroatoms. The average Bonchev–Trinajstić information content (AvgIpc) is 3.72. The van der Waals surface area contributed by atoms with Crippen molar-refractivity contribution in [1.29, 1.82) is 5.26 Å². The van der Waals surface area contributed by atoms with Gasteiger partial charge < -0.3 is 38.7 Å². The van der Waals surface area contributed by atoms with Crippen molar-refractivity contribution in [1.82, 2.24) is 15.2 Å². The molecule has 2 saturated heterocycles. The van der Waals surface area contributed by atoms with E-state index in [2.05, 4.69) is 16.4 Å². The summed E-state index contributed by atoms with van der Waals surface area (Å²) < 4.78 is 29.1. The minimum absolute atomic E-state index is 0.00950. The summed E-state index contributed by atoms with van der Waals surface area (Å²) in [7, 11) is 1.52. The summed E-state index contributed by atoms with van der Waals surface area (Å²) >= 11 is 0. The molecule has 2 unspecified atom stereocenters. The molecule has 2 N–H and O–H groups in total. The zero-order valence-electron chi connectivity index (χ0n) is 28.0. The number of amides is 2. The molecule has 0 radical (unpaired) electrons. The predicted octanol–water partition coefficient (Wildman–Crippen LogP) is 5.70. The van der Waals surface area contributed by atoms with E-state index in [-0.39, 0.29) is 31.2 Å². The van der Waals surface area contributed by atoms with Gasteiger partial charge in [0.2, 0.25) is 0 Å². The first-order valence-electron chi connectivity index (χ1n) is 16.3. The van der Waals surface area contributed by atoms with Gasteiger partial charge in [0.15, 0.2) is 5.58 Å². The van der Waals surface area contributed by atoms with Crippen LogP contribution in [0.4, 0.5) is 4.79 Å². The minimum atomic E-state index is -0.680. The van der Waals surface area contributed by atoms with Gasteiger partial charge in [0.1, 0.15) is 40.6 Å². The van der Waals surface area contributed by atoms with Gasteiger partial charge in [-0.05, 0) is 69.2 Å². The Kier molecular flexibility index (Phi) is 9.76. The van der Waals surface area contributed by atoms with Crippen LogP contribution in [-0.4, -0.2) is 84.3 Å². The van der Waals surface area contributed by atoms with E-state index < -0.39 is 17.7 Å². The smallest absolute Gasteiger partial charge is 0.410 e. The number of carbonyl (C=O) groups is 2. The number of furan rings is 1. The number of benzene rings is 2. The van der Waals surface area contributed by atoms with E-state index in [0.29, 0.717) is 64.7 Å². The molecule has 2 aromatic heterocycles. The van der Waals surface area contributed by atoms with Crippen molar-refractivity contribution in [2.45, 2.75) is 63.8 Å². The van der Waals surface area contributed by atoms with E-state index in [0.717, 1.165) is 24.0 Å². The number of rotatable bonds is 8. The van der Waals surface area contributed by atoms with Gasteiger partial charge in [0.05, 0.1) is 44.1 Å². The van der Waals surface area contributed by atoms with Crippen LogP contribution in [0.2, 0.25) is 0 Å². The number of ether oxygens (including phenoxy) is 4. The lowest BCUT2D eigenvalue weighted by Gasteiger charge is -2.27. The zero-order valence-corrected chi connectivity index (χ0v) is 28.0. The second-order valence-corrected chi connectivity index (χ2v) is 13.2. The molecule has 49 heavy (non-hydrogen) atoms. The van der Waals surface area contributed by atoms with Crippen LogP contribution in [0.5, 0.6) is 11.5 Å². The quantitative estimate of drug-likeness (QED) is 0.239. The molecule has 4 heterocycles. The highest BCUT2D eigenvalue weighted by Gasteiger charge is 2.38. The number of carbonyl (C=O) groups excluding carboxylic acids is 2. The molecule has 0 saturated carbocycles. The minimum Gasteiger partial charge on any atom is -0.496 e. The maximum absolute atomic E-state index is 13.3. The number of nitriles is 1. The van der Waals surface area contributed by atoms with E-state index in [1.54, 1.807) is 51.2 Å². The van der Waals surface area contributed by atoms with Crippen LogP contribution in [-0.2, 0) is 9.47 Å². The van der Waals surface area contributed by atoms with E-state index in [1.165, 1.54) is 12.0 Å². The summed E-state index contributed by atoms with van der Waals surface area (Å²) in [6, 6.07) is 15.6. The number of methoxy groups -OCH3 is 1. The van der Waals surface area contributed by atoms with Gasteiger partial charge in [-0.1, -0.05) is 6.07 Å². The molecule has 0 spiro atoms. The van der Waals surface area contributed by atoms with Gasteiger partial charge in [-0.25, -0.2) is 4.79 Å². The lowest BCUT2D eigenvalue weighted by Crippen LogP contribution is -2.42. The largest absolute Gasteiger partial charge is 0.496 e. The van der Waals surface area contributed by atoms with Crippen LogP contribution in [0.15, 0.2) is 59.1 Å². The van der Waals surface area contributed by atoms with Crippen LogP contribution < -0.4 is 14.8 Å². The molecule has 6 rings (SSSR count). The third kappa shape index (κ3) is 7.48. The Morgan fingerprint density at radius 2 is 1.88 bits per heavy atom. The van der Waals surface area contributed by atoms with Crippen LogP contribution in [0.3, 0.4) is 0 Å². The van der Waals surface area contributed by atoms with Crippen molar-refractivity contribution in [3.05, 3.63) is 65.9 Å². The summed E-state index contributed by atoms with van der Waals surface area (Å²) in [6.45, 7) is 6.60. The first-order valence-corrected chi connectivity index (χ1v) is 16.3. The molecular weight excluding hydrogens is 628 g/mol. The number of likely N-dealkylation sites (tertiary alicyclic amines) is 1. The first kappa shape index (κ1) is 33.8. The highest BCUT2D eigenvalue weighted by molar-refractivity contribution is 5.97. The number of fused-ring (bicyclic) bond motifs is 1. The molecule has 2 aliphatic heterocycles. The zero-order chi connectivity index (χ0) is 34.7. The van der Waals surface area contributed by atoms with Gasteiger partial charge in [-0.2, -0.15) is 5.26 Å². The molecule has 12 nitrogen and oxygen atoms in total. The van der Waals surface area contributed by atoms with Crippen molar-refractivity contribution in [3.8, 4) is 40.0 Å². The Morgan fingerprint density at radius 3 is 2.59 bits per heavy atom. The van der Waals surface area contributed by atoms with Gasteiger partial charge >= 0.3 is 6.09 Å². The third-order valence-electron chi connectivity index (χ3n) is 8.60. The molecule has 2 fully saturated rings. The van der Waals surface area contributed by atoms with Crippen molar-refractivity contribution in [2.24, 2.45) is 0 Å².